The number of carbonyl (C=O) groups is 2. The summed E-state index contributed by atoms with van der Waals surface area (Å²) in [7, 11) is -4.04. The van der Waals surface area contributed by atoms with Gasteiger partial charge in [-0.25, -0.2) is 8.42 Å². The first-order valence-corrected chi connectivity index (χ1v) is 12.5. The number of aliphatic carboxylic acids is 1. The largest absolute Gasteiger partial charge is 0.480 e. The number of carboxylic acids is 1. The molecule has 0 aliphatic carbocycles. The van der Waals surface area contributed by atoms with Gasteiger partial charge >= 0.3 is 5.97 Å². The summed E-state index contributed by atoms with van der Waals surface area (Å²) in [5, 5.41) is 27.5. The van der Waals surface area contributed by atoms with E-state index in [1.165, 1.54) is 35.6 Å². The van der Waals surface area contributed by atoms with E-state index in [0.29, 0.717) is 11.4 Å². The van der Waals surface area contributed by atoms with Crippen LogP contribution in [0.4, 0.5) is 0 Å². The highest BCUT2D eigenvalue weighted by molar-refractivity contribution is 7.89. The Labute approximate surface area is 195 Å². The number of amides is 1. The SMILES string of the molecule is O=C(Cc1nnc(CCCNC2=NCCN2)s1)NC[C@H](NS(=O)(=O)c1ccccc1)C(=O)O. The number of sulfonamides is 1. The summed E-state index contributed by atoms with van der Waals surface area (Å²) in [6.45, 7) is 1.94. The number of hydrogen-bond acceptors (Lipinski definition) is 10. The van der Waals surface area contributed by atoms with E-state index in [1.54, 1.807) is 6.07 Å². The molecule has 3 rings (SSSR count). The van der Waals surface area contributed by atoms with Gasteiger partial charge in [-0.3, -0.25) is 14.6 Å². The summed E-state index contributed by atoms with van der Waals surface area (Å²) < 4.78 is 26.8. The smallest absolute Gasteiger partial charge is 0.323 e. The standard InChI is InChI=1S/C19H25N7O5S2/c27-15(11-17-25-24-16(32-17)7-4-8-20-19-21-9-10-22-19)23-12-14(18(28)29)26-33(30,31)13-5-2-1-3-6-13/h1-3,5-6,14,26H,4,7-12H2,(H,23,27)(H,28,29)(H2,20,21,22)/t14-/m0/s1. The molecule has 0 fully saturated rings. The number of nitrogens with one attached hydrogen (secondary N) is 4. The van der Waals surface area contributed by atoms with Crippen LogP contribution < -0.4 is 20.7 Å². The normalized spacial score (nSPS) is 14.2. The van der Waals surface area contributed by atoms with Crippen molar-refractivity contribution in [1.82, 2.24) is 30.9 Å². The third-order valence-corrected chi connectivity index (χ3v) is 6.98. The predicted octanol–water partition coefficient (Wildman–Crippen LogP) is -0.890. The molecule has 178 valence electrons. The lowest BCUT2D eigenvalue weighted by Crippen LogP contribution is -2.48. The van der Waals surface area contributed by atoms with Crippen molar-refractivity contribution in [3.63, 3.8) is 0 Å². The van der Waals surface area contributed by atoms with Crippen LogP contribution in [0.1, 0.15) is 16.4 Å². The van der Waals surface area contributed by atoms with E-state index in [9.17, 15) is 23.1 Å². The number of benzene rings is 1. The second kappa shape index (κ2) is 11.7. The molecule has 0 bridgehead atoms. The topological polar surface area (TPSA) is 175 Å². The minimum Gasteiger partial charge on any atom is -0.480 e. The Bertz CT molecular complexity index is 1090. The fourth-order valence-corrected chi connectivity index (χ4v) is 4.97. The van der Waals surface area contributed by atoms with Crippen molar-refractivity contribution in [3.8, 4) is 0 Å². The Morgan fingerprint density at radius 2 is 1.94 bits per heavy atom. The van der Waals surface area contributed by atoms with Crippen LogP contribution in [0.5, 0.6) is 0 Å². The van der Waals surface area contributed by atoms with Crippen LogP contribution >= 0.6 is 11.3 Å². The summed E-state index contributed by atoms with van der Waals surface area (Å²) in [6, 6.07) is 5.88. The molecule has 0 saturated carbocycles. The minimum atomic E-state index is -4.04. The number of aliphatic imine (C=N–C) groups is 1. The Kier molecular flexibility index (Phi) is 8.68. The van der Waals surface area contributed by atoms with E-state index in [1.807, 2.05) is 0 Å². The first-order chi connectivity index (χ1) is 15.8. The molecule has 1 aromatic carbocycles. The number of carbonyl (C=O) groups excluding carboxylic acids is 1. The van der Waals surface area contributed by atoms with Crippen LogP contribution in [0, 0.1) is 0 Å². The molecule has 12 nitrogen and oxygen atoms in total. The van der Waals surface area contributed by atoms with Crippen molar-refractivity contribution in [2.75, 3.05) is 26.2 Å². The Morgan fingerprint density at radius 3 is 2.64 bits per heavy atom. The number of carboxylic acid groups (broad SMARTS) is 1. The molecule has 2 aromatic rings. The average molecular weight is 496 g/mol. The molecule has 1 aromatic heterocycles. The molecular weight excluding hydrogens is 470 g/mol. The van der Waals surface area contributed by atoms with Crippen LogP contribution in [0.3, 0.4) is 0 Å². The van der Waals surface area contributed by atoms with Gasteiger partial charge in [-0.1, -0.05) is 18.2 Å². The van der Waals surface area contributed by atoms with E-state index in [0.717, 1.165) is 37.0 Å². The molecule has 0 saturated heterocycles. The van der Waals surface area contributed by atoms with E-state index in [2.05, 4.69) is 35.9 Å². The molecule has 1 amide bonds. The second-order valence-electron chi connectivity index (χ2n) is 7.08. The van der Waals surface area contributed by atoms with E-state index in [-0.39, 0.29) is 11.3 Å². The fourth-order valence-electron chi connectivity index (χ4n) is 2.87. The van der Waals surface area contributed by atoms with Crippen LogP contribution in [0.15, 0.2) is 40.2 Å². The first kappa shape index (κ1) is 24.5. The molecular formula is C19H25N7O5S2. The van der Waals surface area contributed by atoms with Gasteiger partial charge in [-0.15, -0.1) is 21.5 Å². The van der Waals surface area contributed by atoms with Crippen LogP contribution in [0.25, 0.3) is 0 Å². The molecule has 1 atom stereocenters. The van der Waals surface area contributed by atoms with E-state index in [4.69, 9.17) is 0 Å². The van der Waals surface area contributed by atoms with Gasteiger partial charge in [0.15, 0.2) is 5.96 Å². The number of aromatic nitrogens is 2. The summed E-state index contributed by atoms with van der Waals surface area (Å²) in [4.78, 5) is 27.9. The van der Waals surface area contributed by atoms with Gasteiger partial charge < -0.3 is 21.1 Å². The Hall–Kier alpha value is -3.10. The van der Waals surface area contributed by atoms with Gasteiger partial charge in [0.05, 0.1) is 17.9 Å². The van der Waals surface area contributed by atoms with E-state index >= 15 is 0 Å². The van der Waals surface area contributed by atoms with E-state index < -0.39 is 34.5 Å². The molecule has 0 unspecified atom stereocenters. The molecule has 0 spiro atoms. The highest BCUT2D eigenvalue weighted by atomic mass is 32.2. The Morgan fingerprint density at radius 1 is 1.18 bits per heavy atom. The quantitative estimate of drug-likeness (QED) is 0.234. The zero-order valence-electron chi connectivity index (χ0n) is 17.7. The maximum Gasteiger partial charge on any atom is 0.323 e. The number of aryl methyl sites for hydroxylation is 1. The van der Waals surface area contributed by atoms with Gasteiger partial charge in [0, 0.05) is 26.1 Å². The van der Waals surface area contributed by atoms with Gasteiger partial charge in [0.25, 0.3) is 0 Å². The first-order valence-electron chi connectivity index (χ1n) is 10.2. The minimum absolute atomic E-state index is 0.0633. The molecule has 33 heavy (non-hydrogen) atoms. The number of rotatable bonds is 12. The van der Waals surface area contributed by atoms with Crippen molar-refractivity contribution in [2.24, 2.45) is 4.99 Å². The zero-order chi connectivity index (χ0) is 23.7. The molecule has 1 aliphatic heterocycles. The zero-order valence-corrected chi connectivity index (χ0v) is 19.3. The summed E-state index contributed by atoms with van der Waals surface area (Å²) in [6.07, 6.45) is 1.44. The lowest BCUT2D eigenvalue weighted by Gasteiger charge is -2.15. The second-order valence-corrected chi connectivity index (χ2v) is 9.94. The van der Waals surface area contributed by atoms with Crippen LogP contribution in [0.2, 0.25) is 0 Å². The third kappa shape index (κ3) is 7.76. The molecule has 2 heterocycles. The predicted molar refractivity (Wildman–Crippen MR) is 121 cm³/mol. The van der Waals surface area contributed by atoms with Gasteiger partial charge in [0.2, 0.25) is 15.9 Å². The molecule has 5 N–H and O–H groups in total. The van der Waals surface area contributed by atoms with Gasteiger partial charge in [0.1, 0.15) is 16.1 Å². The molecule has 1 aliphatic rings. The van der Waals surface area contributed by atoms with Gasteiger partial charge in [-0.05, 0) is 18.6 Å². The lowest BCUT2D eigenvalue weighted by atomic mass is 10.3. The average Bonchev–Trinajstić information content (AvgIpc) is 3.47. The van der Waals surface area contributed by atoms with Crippen molar-refractivity contribution in [2.45, 2.75) is 30.2 Å². The van der Waals surface area contributed by atoms with Crippen LogP contribution in [-0.4, -0.2) is 73.8 Å². The van der Waals surface area contributed by atoms with Crippen LogP contribution in [-0.2, 0) is 32.5 Å². The maximum atomic E-state index is 12.4. The summed E-state index contributed by atoms with van der Waals surface area (Å²) >= 11 is 1.31. The Balaban J connectivity index is 1.43. The highest BCUT2D eigenvalue weighted by Gasteiger charge is 2.26. The number of hydrogen-bond donors (Lipinski definition) is 5. The maximum absolute atomic E-state index is 12.4. The summed E-state index contributed by atoms with van der Waals surface area (Å²) in [5.74, 6) is -1.08. The summed E-state index contributed by atoms with van der Waals surface area (Å²) in [5.41, 5.74) is 0. The lowest BCUT2D eigenvalue weighted by molar-refractivity contribution is -0.138. The highest BCUT2D eigenvalue weighted by Crippen LogP contribution is 2.12. The van der Waals surface area contributed by atoms with Crippen molar-refractivity contribution in [3.05, 3.63) is 40.3 Å². The molecule has 0 radical (unpaired) electrons. The van der Waals surface area contributed by atoms with Crippen molar-refractivity contribution in [1.29, 1.82) is 0 Å². The number of nitrogens with zero attached hydrogens (tertiary/aromatic N) is 3. The third-order valence-electron chi connectivity index (χ3n) is 4.51. The molecule has 14 heteroatoms. The fraction of sp³-hybridized carbons (Fsp3) is 0.421. The van der Waals surface area contributed by atoms with Crippen molar-refractivity contribution < 1.29 is 23.1 Å². The number of guanidine groups is 1. The monoisotopic (exact) mass is 495 g/mol. The van der Waals surface area contributed by atoms with Gasteiger partial charge in [-0.2, -0.15) is 4.72 Å². The van der Waals surface area contributed by atoms with Crippen molar-refractivity contribution >= 4 is 39.2 Å².